The Morgan fingerprint density at radius 3 is 2.32 bits per heavy atom. The van der Waals surface area contributed by atoms with Crippen LogP contribution in [0.3, 0.4) is 0 Å². The Bertz CT molecular complexity index is 953. The van der Waals surface area contributed by atoms with Crippen molar-refractivity contribution in [2.24, 2.45) is 0 Å². The highest BCUT2D eigenvalue weighted by molar-refractivity contribution is 8.01. The van der Waals surface area contributed by atoms with Crippen molar-refractivity contribution in [1.29, 1.82) is 0 Å². The summed E-state index contributed by atoms with van der Waals surface area (Å²) in [4.78, 5) is 23.4. The molecule has 0 unspecified atom stereocenters. The quantitative estimate of drug-likeness (QED) is 0.409. The van der Waals surface area contributed by atoms with E-state index in [1.54, 1.807) is 24.3 Å². The van der Waals surface area contributed by atoms with E-state index in [2.05, 4.69) is 39.9 Å². The predicted octanol–water partition coefficient (Wildman–Crippen LogP) is 4.78. The van der Waals surface area contributed by atoms with E-state index >= 15 is 0 Å². The number of ketones is 1. The highest BCUT2D eigenvalue weighted by Crippen LogP contribution is 2.28. The topological polar surface area (TPSA) is 84.0 Å². The van der Waals surface area contributed by atoms with Crippen LogP contribution in [0.5, 0.6) is 0 Å². The van der Waals surface area contributed by atoms with Crippen molar-refractivity contribution < 1.29 is 9.59 Å². The molecule has 0 saturated carbocycles. The minimum Gasteiger partial charge on any atom is -0.330 e. The van der Waals surface area contributed by atoms with Gasteiger partial charge in [-0.15, -0.1) is 10.2 Å². The minimum atomic E-state index is -0.142. The fourth-order valence-corrected chi connectivity index (χ4v) is 4.09. The average Bonchev–Trinajstić information content (AvgIpc) is 3.14. The van der Waals surface area contributed by atoms with Crippen LogP contribution in [0.25, 0.3) is 0 Å². The third kappa shape index (κ3) is 5.64. The Hall–Kier alpha value is -2.71. The number of anilines is 3. The van der Waals surface area contributed by atoms with Gasteiger partial charge in [0.05, 0.1) is 5.75 Å². The van der Waals surface area contributed by atoms with Crippen molar-refractivity contribution in [3.05, 3.63) is 59.7 Å². The molecule has 1 aromatic heterocycles. The van der Waals surface area contributed by atoms with Crippen molar-refractivity contribution in [2.75, 3.05) is 16.4 Å². The number of nitrogens with one attached hydrogen (secondary N) is 2. The molecule has 1 amide bonds. The molecule has 144 valence electrons. The molecule has 1 heterocycles. The van der Waals surface area contributed by atoms with Crippen molar-refractivity contribution in [3.63, 3.8) is 0 Å². The van der Waals surface area contributed by atoms with E-state index in [0.717, 1.165) is 16.4 Å². The van der Waals surface area contributed by atoms with Gasteiger partial charge in [0, 0.05) is 23.9 Å². The van der Waals surface area contributed by atoms with E-state index in [1.807, 2.05) is 12.1 Å². The van der Waals surface area contributed by atoms with Gasteiger partial charge in [-0.3, -0.25) is 9.59 Å². The number of hydrogen-bond donors (Lipinski definition) is 2. The van der Waals surface area contributed by atoms with Crippen molar-refractivity contribution in [3.8, 4) is 0 Å². The second-order valence-electron chi connectivity index (χ2n) is 6.02. The van der Waals surface area contributed by atoms with Crippen molar-refractivity contribution >= 4 is 51.3 Å². The first-order valence-corrected chi connectivity index (χ1v) is 10.6. The molecule has 0 fully saturated rings. The predicted molar refractivity (Wildman–Crippen MR) is 115 cm³/mol. The minimum absolute atomic E-state index is 0.000705. The van der Waals surface area contributed by atoms with Gasteiger partial charge in [0.1, 0.15) is 0 Å². The normalized spacial score (nSPS) is 10.5. The van der Waals surface area contributed by atoms with Crippen LogP contribution >= 0.6 is 23.1 Å². The molecule has 0 atom stereocenters. The van der Waals surface area contributed by atoms with Crippen LogP contribution in [0.4, 0.5) is 16.5 Å². The summed E-state index contributed by atoms with van der Waals surface area (Å²) in [7, 11) is 0. The van der Waals surface area contributed by atoms with Gasteiger partial charge in [0.2, 0.25) is 11.0 Å². The van der Waals surface area contributed by atoms with Crippen LogP contribution in [0.1, 0.15) is 29.8 Å². The number of carbonyl (C=O) groups excluding carboxylic acids is 2. The molecule has 8 heteroatoms. The zero-order chi connectivity index (χ0) is 19.9. The molecule has 2 N–H and O–H groups in total. The van der Waals surface area contributed by atoms with Crippen LogP contribution in [0, 0.1) is 0 Å². The first-order valence-electron chi connectivity index (χ1n) is 8.76. The Morgan fingerprint density at radius 1 is 1.00 bits per heavy atom. The molecule has 0 saturated heterocycles. The molecule has 0 aliphatic rings. The summed E-state index contributed by atoms with van der Waals surface area (Å²) in [6.07, 6.45) is 1.00. The average molecular weight is 413 g/mol. The lowest BCUT2D eigenvalue weighted by Crippen LogP contribution is -2.06. The van der Waals surface area contributed by atoms with Gasteiger partial charge in [-0.2, -0.15) is 0 Å². The maximum atomic E-state index is 12.3. The molecule has 0 aliphatic carbocycles. The van der Waals surface area contributed by atoms with Crippen LogP contribution in [-0.2, 0) is 11.2 Å². The fraction of sp³-hybridized carbons (Fsp3) is 0.200. The summed E-state index contributed by atoms with van der Waals surface area (Å²) in [6.45, 7) is 3.57. The Labute approximate surface area is 171 Å². The van der Waals surface area contributed by atoms with Gasteiger partial charge >= 0.3 is 0 Å². The smallest absolute Gasteiger partial charge is 0.221 e. The summed E-state index contributed by atoms with van der Waals surface area (Å²) < 4.78 is 0.732. The zero-order valence-electron chi connectivity index (χ0n) is 15.6. The number of aryl methyl sites for hydroxylation is 1. The summed E-state index contributed by atoms with van der Waals surface area (Å²) in [5.74, 6) is 0.134. The number of nitrogens with zero attached hydrogens (tertiary/aromatic N) is 2. The Balaban J connectivity index is 1.53. The van der Waals surface area contributed by atoms with Gasteiger partial charge < -0.3 is 10.6 Å². The van der Waals surface area contributed by atoms with E-state index in [1.165, 1.54) is 35.6 Å². The molecule has 0 spiro atoms. The second-order valence-corrected chi connectivity index (χ2v) is 8.22. The van der Waals surface area contributed by atoms with Crippen molar-refractivity contribution in [1.82, 2.24) is 10.2 Å². The van der Waals surface area contributed by atoms with E-state index in [0.29, 0.717) is 16.4 Å². The summed E-state index contributed by atoms with van der Waals surface area (Å²) >= 11 is 2.78. The number of thioether (sulfide) groups is 1. The zero-order valence-corrected chi connectivity index (χ0v) is 17.2. The van der Waals surface area contributed by atoms with Crippen molar-refractivity contribution in [2.45, 2.75) is 24.6 Å². The van der Waals surface area contributed by atoms with Crippen LogP contribution < -0.4 is 10.6 Å². The molecule has 28 heavy (non-hydrogen) atoms. The molecule has 0 aliphatic heterocycles. The first-order chi connectivity index (χ1) is 13.5. The number of amides is 1. The lowest BCUT2D eigenvalue weighted by atomic mass is 10.1. The van der Waals surface area contributed by atoms with E-state index in [4.69, 9.17) is 0 Å². The lowest BCUT2D eigenvalue weighted by molar-refractivity contribution is -0.114. The third-order valence-corrected chi connectivity index (χ3v) is 5.85. The third-order valence-electron chi connectivity index (χ3n) is 3.87. The van der Waals surface area contributed by atoms with Crippen LogP contribution in [0.15, 0.2) is 52.9 Å². The second kappa shape index (κ2) is 9.48. The number of Topliss-reactive ketones (excluding diaryl/α,β-unsaturated/α-hetero) is 1. The highest BCUT2D eigenvalue weighted by Gasteiger charge is 2.11. The van der Waals surface area contributed by atoms with E-state index < -0.39 is 0 Å². The van der Waals surface area contributed by atoms with Crippen LogP contribution in [0.2, 0.25) is 0 Å². The maximum Gasteiger partial charge on any atom is 0.221 e. The molecule has 0 bridgehead atoms. The first kappa shape index (κ1) is 20.0. The summed E-state index contributed by atoms with van der Waals surface area (Å²) in [5.41, 5.74) is 3.51. The van der Waals surface area contributed by atoms with E-state index in [-0.39, 0.29) is 17.4 Å². The molecule has 2 aromatic carbocycles. The molecular weight excluding hydrogens is 392 g/mol. The molecule has 3 aromatic rings. The molecule has 6 nitrogen and oxygen atoms in total. The molecule has 3 rings (SSSR count). The fourth-order valence-electron chi connectivity index (χ4n) is 2.42. The lowest BCUT2D eigenvalue weighted by Gasteiger charge is -2.03. The number of carbonyl (C=O) groups is 2. The largest absolute Gasteiger partial charge is 0.330 e. The summed E-state index contributed by atoms with van der Waals surface area (Å²) in [5, 5.41) is 14.9. The Kier molecular flexibility index (Phi) is 6.78. The Morgan fingerprint density at radius 2 is 1.68 bits per heavy atom. The monoisotopic (exact) mass is 412 g/mol. The SMILES string of the molecule is CCc1ccc(Nc2nnc(SCC(=O)c3ccc(NC(C)=O)cc3)s2)cc1. The highest BCUT2D eigenvalue weighted by atomic mass is 32.2. The molecule has 0 radical (unpaired) electrons. The van der Waals surface area contributed by atoms with Gasteiger partial charge in [0.25, 0.3) is 0 Å². The van der Waals surface area contributed by atoms with E-state index in [9.17, 15) is 9.59 Å². The van der Waals surface area contributed by atoms with Gasteiger partial charge in [-0.1, -0.05) is 42.2 Å². The van der Waals surface area contributed by atoms with Gasteiger partial charge in [-0.25, -0.2) is 0 Å². The number of hydrogen-bond acceptors (Lipinski definition) is 7. The van der Waals surface area contributed by atoms with Gasteiger partial charge in [0.15, 0.2) is 10.1 Å². The number of rotatable bonds is 8. The summed E-state index contributed by atoms with van der Waals surface area (Å²) in [6, 6.07) is 15.0. The van der Waals surface area contributed by atoms with Gasteiger partial charge in [-0.05, 0) is 48.4 Å². The standard InChI is InChI=1S/C20H20N4O2S2/c1-3-14-4-8-17(9-5-14)22-19-23-24-20(28-19)27-12-18(26)15-6-10-16(11-7-15)21-13(2)25/h4-11H,3,12H2,1-2H3,(H,21,25)(H,22,23). The maximum absolute atomic E-state index is 12.3. The molecular formula is C20H20N4O2S2. The van der Waals surface area contributed by atoms with Crippen LogP contribution in [-0.4, -0.2) is 27.6 Å². The number of benzene rings is 2. The number of aromatic nitrogens is 2.